The smallest absolute Gasteiger partial charge is 0.0623 e. The van der Waals surface area contributed by atoms with Crippen LogP contribution in [-0.2, 0) is 0 Å². The topological polar surface area (TPSA) is 0 Å². The average molecular weight is 741 g/mol. The summed E-state index contributed by atoms with van der Waals surface area (Å²) in [5.41, 5.74) is 15.3. The van der Waals surface area contributed by atoms with Gasteiger partial charge in [0.1, 0.15) is 8.07 Å². The summed E-state index contributed by atoms with van der Waals surface area (Å²) in [7, 11) is -1.98. The van der Waals surface area contributed by atoms with Crippen LogP contribution in [-0.4, -0.2) is 8.07 Å². The fourth-order valence-electron chi connectivity index (χ4n) is 9.61. The normalized spacial score (nSPS) is 12.9. The first kappa shape index (κ1) is 33.5. The Morgan fingerprint density at radius 2 is 0.737 bits per heavy atom. The van der Waals surface area contributed by atoms with Crippen LogP contribution in [0.3, 0.4) is 0 Å². The van der Waals surface area contributed by atoms with Crippen molar-refractivity contribution in [2.75, 3.05) is 0 Å². The van der Waals surface area contributed by atoms with E-state index in [-0.39, 0.29) is 0 Å². The van der Waals surface area contributed by atoms with Crippen LogP contribution in [0.15, 0.2) is 206 Å². The molecule has 0 nitrogen and oxygen atoms in total. The van der Waals surface area contributed by atoms with E-state index in [4.69, 9.17) is 0 Å². The summed E-state index contributed by atoms with van der Waals surface area (Å²) < 4.78 is 0. The van der Waals surface area contributed by atoms with Gasteiger partial charge in [0, 0.05) is 0 Å². The Balaban J connectivity index is 1.25. The Kier molecular flexibility index (Phi) is 7.74. The molecule has 1 aliphatic rings. The molecule has 0 saturated carbocycles. The third-order valence-corrected chi connectivity index (χ3v) is 16.0. The van der Waals surface area contributed by atoms with E-state index in [0.717, 1.165) is 0 Å². The zero-order valence-electron chi connectivity index (χ0n) is 32.1. The quantitative estimate of drug-likeness (QED) is 0.122. The standard InChI is InChI=1S/C56H40Si/c1-57(2)53-23-12-11-21-47(53)49-35-51-52(36-54(49)57)56(43-30-26-40(27-31-43)38-16-7-4-8-17-38)50-34-44(46-22-13-19-41-18-9-10-20-45(41)46)32-33-48(50)55(51)42-28-24-39(25-29-42)37-14-5-3-6-15-37/h3-36H,1-2H3. The zero-order chi connectivity index (χ0) is 38.1. The Hall–Kier alpha value is -6.80. The van der Waals surface area contributed by atoms with Crippen LogP contribution in [0.5, 0.6) is 0 Å². The highest BCUT2D eigenvalue weighted by molar-refractivity contribution is 7.04. The molecule has 0 amide bonds. The molecule has 0 saturated heterocycles. The second-order valence-electron chi connectivity index (χ2n) is 16.0. The molecular weight excluding hydrogens is 701 g/mol. The molecule has 10 aromatic rings. The SMILES string of the molecule is C[Si]1(C)c2ccccc2-c2cc3c(-c4ccc(-c5ccccc5)cc4)c4ccc(-c5cccc6ccccc56)cc4c(-c4ccc(-c5ccccc5)cc4)c3cc21. The largest absolute Gasteiger partial charge is 0.113 e. The summed E-state index contributed by atoms with van der Waals surface area (Å²) in [5.74, 6) is 0. The Labute approximate surface area is 335 Å². The maximum absolute atomic E-state index is 2.60. The average Bonchev–Trinajstić information content (AvgIpc) is 3.50. The van der Waals surface area contributed by atoms with Crippen molar-refractivity contribution >= 4 is 50.8 Å². The molecule has 0 unspecified atom stereocenters. The molecule has 0 bridgehead atoms. The molecule has 11 rings (SSSR count). The van der Waals surface area contributed by atoms with E-state index in [1.165, 1.54) is 109 Å². The lowest BCUT2D eigenvalue weighted by Gasteiger charge is -2.23. The van der Waals surface area contributed by atoms with Crippen LogP contribution < -0.4 is 10.4 Å². The van der Waals surface area contributed by atoms with Gasteiger partial charge in [-0.1, -0.05) is 207 Å². The van der Waals surface area contributed by atoms with E-state index in [0.29, 0.717) is 0 Å². The number of rotatable bonds is 5. The highest BCUT2D eigenvalue weighted by atomic mass is 28.3. The van der Waals surface area contributed by atoms with Crippen molar-refractivity contribution in [2.45, 2.75) is 13.1 Å². The molecule has 0 aromatic heterocycles. The van der Waals surface area contributed by atoms with Crippen LogP contribution in [0.1, 0.15) is 0 Å². The molecule has 1 heterocycles. The van der Waals surface area contributed by atoms with Gasteiger partial charge < -0.3 is 0 Å². The number of hydrogen-bond donors (Lipinski definition) is 0. The van der Waals surface area contributed by atoms with Gasteiger partial charge in [0.15, 0.2) is 0 Å². The van der Waals surface area contributed by atoms with Gasteiger partial charge in [-0.05, 0) is 122 Å². The fourth-order valence-corrected chi connectivity index (χ4v) is 12.7. The molecule has 0 spiro atoms. The molecule has 268 valence electrons. The van der Waals surface area contributed by atoms with E-state index in [9.17, 15) is 0 Å². The molecule has 10 aromatic carbocycles. The van der Waals surface area contributed by atoms with Gasteiger partial charge in [-0.15, -0.1) is 0 Å². The lowest BCUT2D eigenvalue weighted by atomic mass is 9.83. The molecule has 0 radical (unpaired) electrons. The number of benzene rings is 10. The fraction of sp³-hybridized carbons (Fsp3) is 0.0357. The van der Waals surface area contributed by atoms with Crippen LogP contribution in [0.2, 0.25) is 13.1 Å². The Morgan fingerprint density at radius 3 is 1.42 bits per heavy atom. The highest BCUT2D eigenvalue weighted by Gasteiger charge is 2.38. The first-order valence-corrected chi connectivity index (χ1v) is 23.0. The van der Waals surface area contributed by atoms with Crippen molar-refractivity contribution in [1.29, 1.82) is 0 Å². The van der Waals surface area contributed by atoms with Gasteiger partial charge >= 0.3 is 0 Å². The maximum Gasteiger partial charge on any atom is 0.113 e. The van der Waals surface area contributed by atoms with Gasteiger partial charge in [-0.2, -0.15) is 0 Å². The van der Waals surface area contributed by atoms with Crippen molar-refractivity contribution in [1.82, 2.24) is 0 Å². The summed E-state index contributed by atoms with van der Waals surface area (Å²) in [5, 5.41) is 10.7. The van der Waals surface area contributed by atoms with Crippen molar-refractivity contribution < 1.29 is 0 Å². The summed E-state index contributed by atoms with van der Waals surface area (Å²) in [6, 6.07) is 76.9. The predicted octanol–water partition coefficient (Wildman–Crippen LogP) is 14.3. The first-order valence-electron chi connectivity index (χ1n) is 20.0. The minimum absolute atomic E-state index is 1.23. The van der Waals surface area contributed by atoms with Crippen LogP contribution in [0, 0.1) is 0 Å². The van der Waals surface area contributed by atoms with Gasteiger partial charge in [0.05, 0.1) is 0 Å². The van der Waals surface area contributed by atoms with Crippen molar-refractivity contribution in [3.05, 3.63) is 206 Å². The lowest BCUT2D eigenvalue weighted by molar-refractivity contribution is 1.60. The van der Waals surface area contributed by atoms with Gasteiger partial charge in [0.25, 0.3) is 0 Å². The van der Waals surface area contributed by atoms with Crippen molar-refractivity contribution in [3.8, 4) is 66.8 Å². The van der Waals surface area contributed by atoms with E-state index in [1.807, 2.05) is 0 Å². The Morgan fingerprint density at radius 1 is 0.263 bits per heavy atom. The molecule has 1 heteroatoms. The van der Waals surface area contributed by atoms with E-state index in [2.05, 4.69) is 219 Å². The molecule has 0 fully saturated rings. The first-order chi connectivity index (χ1) is 28.0. The molecule has 0 atom stereocenters. The maximum atomic E-state index is 2.60. The van der Waals surface area contributed by atoms with Crippen molar-refractivity contribution in [3.63, 3.8) is 0 Å². The third-order valence-electron chi connectivity index (χ3n) is 12.5. The molecule has 0 N–H and O–H groups in total. The zero-order valence-corrected chi connectivity index (χ0v) is 33.1. The second-order valence-corrected chi connectivity index (χ2v) is 20.4. The highest BCUT2D eigenvalue weighted by Crippen LogP contribution is 2.47. The molecule has 1 aliphatic heterocycles. The van der Waals surface area contributed by atoms with Crippen LogP contribution in [0.25, 0.3) is 99.1 Å². The minimum atomic E-state index is -1.98. The molecule has 0 aliphatic carbocycles. The van der Waals surface area contributed by atoms with Crippen LogP contribution in [0.4, 0.5) is 0 Å². The van der Waals surface area contributed by atoms with E-state index in [1.54, 1.807) is 0 Å². The third kappa shape index (κ3) is 5.42. The Bertz CT molecular complexity index is 3150. The summed E-state index contributed by atoms with van der Waals surface area (Å²) in [4.78, 5) is 0. The summed E-state index contributed by atoms with van der Waals surface area (Å²) in [6.07, 6.45) is 0. The summed E-state index contributed by atoms with van der Waals surface area (Å²) in [6.45, 7) is 5.06. The summed E-state index contributed by atoms with van der Waals surface area (Å²) >= 11 is 0. The molecular formula is C56H40Si. The van der Waals surface area contributed by atoms with Crippen LogP contribution >= 0.6 is 0 Å². The number of fused-ring (bicyclic) bond motifs is 6. The second kappa shape index (κ2) is 13.2. The molecule has 57 heavy (non-hydrogen) atoms. The van der Waals surface area contributed by atoms with Gasteiger partial charge in [-0.3, -0.25) is 0 Å². The van der Waals surface area contributed by atoms with Gasteiger partial charge in [0.2, 0.25) is 0 Å². The number of hydrogen-bond acceptors (Lipinski definition) is 0. The van der Waals surface area contributed by atoms with E-state index >= 15 is 0 Å². The van der Waals surface area contributed by atoms with Gasteiger partial charge in [-0.25, -0.2) is 0 Å². The predicted molar refractivity (Wildman–Crippen MR) is 248 cm³/mol. The lowest BCUT2D eigenvalue weighted by Crippen LogP contribution is -2.49. The van der Waals surface area contributed by atoms with Crippen molar-refractivity contribution in [2.24, 2.45) is 0 Å². The minimum Gasteiger partial charge on any atom is -0.0623 e. The monoisotopic (exact) mass is 740 g/mol. The van der Waals surface area contributed by atoms with E-state index < -0.39 is 8.07 Å².